The normalized spacial score (nSPS) is 11.6. The Morgan fingerprint density at radius 2 is 1.03 bits per heavy atom. The van der Waals surface area contributed by atoms with Gasteiger partial charge in [-0.3, -0.25) is 0 Å². The molecule has 0 bridgehead atoms. The average Bonchev–Trinajstić information content (AvgIpc) is 2.85. The Kier molecular flexibility index (Phi) is 19.2. The summed E-state index contributed by atoms with van der Waals surface area (Å²) in [5, 5.41) is 1.90. The molecule has 3 nitrogen and oxygen atoms in total. The molecule has 2 aromatic rings. The summed E-state index contributed by atoms with van der Waals surface area (Å²) in [5.74, 6) is 0. The summed E-state index contributed by atoms with van der Waals surface area (Å²) in [6, 6.07) is 9.91. The fourth-order valence-electron chi connectivity index (χ4n) is 5.22. The molecule has 204 valence electrons. The number of rotatable bonds is 21. The van der Waals surface area contributed by atoms with Crippen molar-refractivity contribution in [2.24, 2.45) is 0 Å². The number of aryl methyl sites for hydroxylation is 2. The van der Waals surface area contributed by atoms with Crippen molar-refractivity contribution in [2.45, 2.75) is 147 Å². The molecule has 0 amide bonds. The summed E-state index contributed by atoms with van der Waals surface area (Å²) < 4.78 is 36.1. The van der Waals surface area contributed by atoms with Crippen molar-refractivity contribution in [1.82, 2.24) is 0 Å². The maximum absolute atomic E-state index is 12.0. The van der Waals surface area contributed by atoms with Gasteiger partial charge in [0.05, 0.1) is 4.90 Å². The van der Waals surface area contributed by atoms with Crippen molar-refractivity contribution in [1.29, 1.82) is 0 Å². The molecule has 2 aromatic carbocycles. The maximum Gasteiger partial charge on any atom is 1.00 e. The quantitative estimate of drug-likeness (QED) is 0.0987. The van der Waals surface area contributed by atoms with Crippen molar-refractivity contribution in [2.75, 3.05) is 0 Å². The molecule has 5 heteroatoms. The van der Waals surface area contributed by atoms with Crippen LogP contribution in [0.1, 0.15) is 141 Å². The molecule has 0 radical (unpaired) electrons. The summed E-state index contributed by atoms with van der Waals surface area (Å²) in [6.45, 7) is 4.49. The van der Waals surface area contributed by atoms with Gasteiger partial charge >= 0.3 is 29.6 Å². The van der Waals surface area contributed by atoms with E-state index in [9.17, 15) is 13.0 Å². The molecule has 0 atom stereocenters. The molecular formula is C32H51NaO3S. The van der Waals surface area contributed by atoms with Gasteiger partial charge in [-0.15, -0.1) is 0 Å². The van der Waals surface area contributed by atoms with Crippen LogP contribution in [0.3, 0.4) is 0 Å². The van der Waals surface area contributed by atoms with Crippen LogP contribution in [0.15, 0.2) is 35.2 Å². The third-order valence-corrected chi connectivity index (χ3v) is 8.39. The zero-order valence-corrected chi connectivity index (χ0v) is 27.0. The van der Waals surface area contributed by atoms with E-state index in [-0.39, 0.29) is 34.5 Å². The third-order valence-electron chi connectivity index (χ3n) is 7.47. The summed E-state index contributed by atoms with van der Waals surface area (Å²) in [6.07, 6.45) is 24.4. The van der Waals surface area contributed by atoms with E-state index < -0.39 is 10.1 Å². The zero-order valence-electron chi connectivity index (χ0n) is 24.2. The molecule has 0 fully saturated rings. The number of fused-ring (bicyclic) bond motifs is 1. The van der Waals surface area contributed by atoms with Crippen molar-refractivity contribution in [3.05, 3.63) is 41.5 Å². The molecule has 0 aliphatic carbocycles. The minimum absolute atomic E-state index is 0. The average molecular weight is 539 g/mol. The molecule has 0 saturated carbocycles. The molecule has 0 saturated heterocycles. The van der Waals surface area contributed by atoms with Crippen molar-refractivity contribution >= 4 is 20.9 Å². The Morgan fingerprint density at radius 1 is 0.568 bits per heavy atom. The SMILES string of the molecule is CCCCCCCCCCCc1ccc2cc(CCCCCCCCCCC)c(S(=O)(=O)[O-])cc2c1.[Na+]. The van der Waals surface area contributed by atoms with Gasteiger partial charge in [-0.25, -0.2) is 8.42 Å². The van der Waals surface area contributed by atoms with Gasteiger partial charge in [0.2, 0.25) is 0 Å². The van der Waals surface area contributed by atoms with Crippen LogP contribution in [0.5, 0.6) is 0 Å². The summed E-state index contributed by atoms with van der Waals surface area (Å²) >= 11 is 0. The Hall–Kier alpha value is -0.390. The fraction of sp³-hybridized carbons (Fsp3) is 0.688. The van der Waals surface area contributed by atoms with Crippen LogP contribution in [0.25, 0.3) is 10.8 Å². The molecule has 0 aliphatic heterocycles. The second kappa shape index (κ2) is 20.5. The molecule has 2 rings (SSSR count). The molecule has 0 N–H and O–H groups in total. The first-order valence-corrected chi connectivity index (χ1v) is 16.4. The van der Waals surface area contributed by atoms with Gasteiger partial charge in [-0.2, -0.15) is 0 Å². The van der Waals surface area contributed by atoms with E-state index in [1.54, 1.807) is 6.07 Å². The van der Waals surface area contributed by atoms with E-state index in [4.69, 9.17) is 0 Å². The monoisotopic (exact) mass is 538 g/mol. The topological polar surface area (TPSA) is 57.2 Å². The predicted octanol–water partition coefficient (Wildman–Crippen LogP) is 6.89. The van der Waals surface area contributed by atoms with Gasteiger partial charge in [0.25, 0.3) is 0 Å². The van der Waals surface area contributed by atoms with Gasteiger partial charge in [0.15, 0.2) is 0 Å². The molecule has 0 aromatic heterocycles. The van der Waals surface area contributed by atoms with Crippen LogP contribution in [-0.4, -0.2) is 13.0 Å². The van der Waals surface area contributed by atoms with E-state index in [2.05, 4.69) is 32.0 Å². The largest absolute Gasteiger partial charge is 1.00 e. The van der Waals surface area contributed by atoms with E-state index in [1.165, 1.54) is 102 Å². The first-order chi connectivity index (χ1) is 17.5. The Labute approximate surface area is 250 Å². The number of hydrogen-bond donors (Lipinski definition) is 0. The van der Waals surface area contributed by atoms with Gasteiger partial charge in [-0.05, 0) is 59.7 Å². The number of benzene rings is 2. The smallest absolute Gasteiger partial charge is 0.744 e. The predicted molar refractivity (Wildman–Crippen MR) is 154 cm³/mol. The van der Waals surface area contributed by atoms with E-state index >= 15 is 0 Å². The van der Waals surface area contributed by atoms with Crippen molar-refractivity contribution in [3.8, 4) is 0 Å². The second-order valence-corrected chi connectivity index (χ2v) is 12.1. The first-order valence-electron chi connectivity index (χ1n) is 15.0. The van der Waals surface area contributed by atoms with Gasteiger partial charge in [0, 0.05) is 0 Å². The fourth-order valence-corrected chi connectivity index (χ4v) is 5.98. The van der Waals surface area contributed by atoms with Gasteiger partial charge < -0.3 is 4.55 Å². The Morgan fingerprint density at radius 3 is 1.51 bits per heavy atom. The number of hydrogen-bond acceptors (Lipinski definition) is 3. The van der Waals surface area contributed by atoms with Crippen LogP contribution in [0.4, 0.5) is 0 Å². The van der Waals surface area contributed by atoms with Crippen molar-refractivity contribution < 1.29 is 42.5 Å². The molecule has 0 unspecified atom stereocenters. The van der Waals surface area contributed by atoms with Crippen LogP contribution in [0, 0.1) is 0 Å². The standard InChI is InChI=1S/C32H52O3S.Na/c1-3-5-7-9-11-13-15-17-19-21-28-23-24-29-26-30(32(36(33,34)35)27-31(29)25-28)22-20-18-16-14-12-10-8-6-4-2;/h23-27H,3-22H2,1-2H3,(H,33,34,35);/q;+1/p-1. The van der Waals surface area contributed by atoms with E-state index in [0.29, 0.717) is 12.0 Å². The molecule has 0 spiro atoms. The first kappa shape index (κ1) is 34.6. The second-order valence-electron chi connectivity index (χ2n) is 10.8. The number of unbranched alkanes of at least 4 members (excludes halogenated alkanes) is 16. The molecule has 0 heterocycles. The Balaban J connectivity index is 0.00000684. The van der Waals surface area contributed by atoms with E-state index in [0.717, 1.165) is 36.5 Å². The minimum atomic E-state index is -4.48. The van der Waals surface area contributed by atoms with Crippen LogP contribution >= 0.6 is 0 Å². The van der Waals surface area contributed by atoms with Crippen LogP contribution < -0.4 is 29.6 Å². The van der Waals surface area contributed by atoms with Gasteiger partial charge in [-0.1, -0.05) is 135 Å². The maximum atomic E-state index is 12.0. The summed E-state index contributed by atoms with van der Waals surface area (Å²) in [4.78, 5) is -0.0187. The zero-order chi connectivity index (χ0) is 26.1. The van der Waals surface area contributed by atoms with Crippen LogP contribution in [-0.2, 0) is 23.0 Å². The summed E-state index contributed by atoms with van der Waals surface area (Å²) in [5.41, 5.74) is 1.92. The van der Waals surface area contributed by atoms with E-state index in [1.807, 2.05) is 6.07 Å². The Bertz CT molecular complexity index is 971. The summed E-state index contributed by atoms with van der Waals surface area (Å²) in [7, 11) is -4.48. The van der Waals surface area contributed by atoms with Crippen molar-refractivity contribution in [3.63, 3.8) is 0 Å². The minimum Gasteiger partial charge on any atom is -0.744 e. The third kappa shape index (κ3) is 14.5. The molecule has 0 aliphatic rings. The molecule has 37 heavy (non-hydrogen) atoms. The van der Waals surface area contributed by atoms with Crippen LogP contribution in [0.2, 0.25) is 0 Å². The molecular weight excluding hydrogens is 487 g/mol. The van der Waals surface area contributed by atoms with Gasteiger partial charge in [0.1, 0.15) is 10.1 Å².